The van der Waals surface area contributed by atoms with Gasteiger partial charge in [-0.25, -0.2) is 9.59 Å². The third-order valence-corrected chi connectivity index (χ3v) is 6.80. The van der Waals surface area contributed by atoms with Crippen molar-refractivity contribution in [3.8, 4) is 17.0 Å². The fourth-order valence-electron chi connectivity index (χ4n) is 4.78. The monoisotopic (exact) mass is 533 g/mol. The number of hydrogen-bond donors (Lipinski definition) is 0. The van der Waals surface area contributed by atoms with Gasteiger partial charge in [0.1, 0.15) is 23.5 Å². The first kappa shape index (κ1) is 28.1. The Morgan fingerprint density at radius 1 is 1.00 bits per heavy atom. The molecule has 1 aromatic heterocycles. The molecule has 1 unspecified atom stereocenters. The number of carbonyl (C=O) groups excluding carboxylic acids is 2. The Bertz CT molecular complexity index is 1380. The van der Waals surface area contributed by atoms with Crippen LogP contribution >= 0.6 is 0 Å². The Hall–Kier alpha value is -3.91. The molecule has 0 spiro atoms. The summed E-state index contributed by atoms with van der Waals surface area (Å²) in [4.78, 5) is 38.8. The molecule has 2 heterocycles. The van der Waals surface area contributed by atoms with Crippen LogP contribution < -0.4 is 10.2 Å². The molecular formula is C31H35NO7. The van der Waals surface area contributed by atoms with Gasteiger partial charge in [-0.1, -0.05) is 44.2 Å². The van der Waals surface area contributed by atoms with E-state index in [9.17, 15) is 14.4 Å². The van der Waals surface area contributed by atoms with Crippen molar-refractivity contribution in [3.05, 3.63) is 87.2 Å². The number of aromatic nitrogens is 1. The van der Waals surface area contributed by atoms with Crippen LogP contribution in [-0.4, -0.2) is 43.4 Å². The van der Waals surface area contributed by atoms with Crippen molar-refractivity contribution in [2.45, 2.75) is 46.3 Å². The summed E-state index contributed by atoms with van der Waals surface area (Å²) in [6.07, 6.45) is 2.89. The van der Waals surface area contributed by atoms with Crippen molar-refractivity contribution in [2.75, 3.05) is 26.9 Å². The summed E-state index contributed by atoms with van der Waals surface area (Å²) in [5.41, 5.74) is 3.04. The maximum atomic E-state index is 13.3. The van der Waals surface area contributed by atoms with E-state index in [0.717, 1.165) is 16.7 Å². The summed E-state index contributed by atoms with van der Waals surface area (Å²) < 4.78 is 23.9. The lowest BCUT2D eigenvalue weighted by Crippen LogP contribution is -2.29. The number of nitrogens with zero attached hydrogens (tertiary/aromatic N) is 1. The zero-order valence-corrected chi connectivity index (χ0v) is 22.9. The average Bonchev–Trinajstić information content (AvgIpc) is 2.93. The van der Waals surface area contributed by atoms with Gasteiger partial charge >= 0.3 is 11.9 Å². The van der Waals surface area contributed by atoms with Gasteiger partial charge in [-0.05, 0) is 42.5 Å². The first-order chi connectivity index (χ1) is 18.8. The van der Waals surface area contributed by atoms with Crippen LogP contribution in [0.2, 0.25) is 0 Å². The predicted molar refractivity (Wildman–Crippen MR) is 147 cm³/mol. The van der Waals surface area contributed by atoms with E-state index in [0.29, 0.717) is 37.5 Å². The fraction of sp³-hybridized carbons (Fsp3) is 0.387. The first-order valence-corrected chi connectivity index (χ1v) is 13.3. The predicted octanol–water partition coefficient (Wildman–Crippen LogP) is 5.22. The SMILES string of the molecule is CCOC(=O)c1cn2c(cc1=O)-c1cc(C(=O)OCc3ccccc3)c(OCCCOC)cc1CC2C(C)C. The Morgan fingerprint density at radius 3 is 2.44 bits per heavy atom. The van der Waals surface area contributed by atoms with Crippen molar-refractivity contribution in [3.63, 3.8) is 0 Å². The van der Waals surface area contributed by atoms with Crippen LogP contribution in [0.4, 0.5) is 0 Å². The standard InChI is InChI=1S/C31H35NO7/c1-5-37-31(35)25-18-32-26(20(2)3)14-22-15-29(38-13-9-12-36-4)24(16-23(22)27(32)17-28(25)33)30(34)39-19-21-10-7-6-8-11-21/h6-8,10-11,15-18,20,26H,5,9,12-14,19H2,1-4H3. The average molecular weight is 534 g/mol. The number of benzene rings is 2. The summed E-state index contributed by atoms with van der Waals surface area (Å²) in [5, 5.41) is 0. The van der Waals surface area contributed by atoms with Gasteiger partial charge in [0.05, 0.1) is 18.9 Å². The summed E-state index contributed by atoms with van der Waals surface area (Å²) in [6, 6.07) is 14.5. The molecule has 0 radical (unpaired) electrons. The number of methoxy groups -OCH3 is 1. The zero-order chi connectivity index (χ0) is 27.9. The molecule has 0 saturated heterocycles. The molecule has 0 fully saturated rings. The van der Waals surface area contributed by atoms with E-state index >= 15 is 0 Å². The van der Waals surface area contributed by atoms with E-state index in [4.69, 9.17) is 18.9 Å². The molecule has 2 aromatic carbocycles. The third kappa shape index (κ3) is 6.40. The number of fused-ring (bicyclic) bond motifs is 3. The van der Waals surface area contributed by atoms with Gasteiger partial charge in [-0.2, -0.15) is 0 Å². The number of pyridine rings is 1. The quantitative estimate of drug-likeness (QED) is 0.247. The smallest absolute Gasteiger partial charge is 0.343 e. The van der Waals surface area contributed by atoms with Crippen LogP contribution in [-0.2, 0) is 27.2 Å². The van der Waals surface area contributed by atoms with Crippen LogP contribution in [0.5, 0.6) is 5.75 Å². The van der Waals surface area contributed by atoms with E-state index in [1.54, 1.807) is 26.3 Å². The number of carbonyl (C=O) groups is 2. The molecule has 206 valence electrons. The molecule has 1 aliphatic heterocycles. The van der Waals surface area contributed by atoms with E-state index in [-0.39, 0.29) is 36.3 Å². The molecule has 8 nitrogen and oxygen atoms in total. The van der Waals surface area contributed by atoms with Crippen molar-refractivity contribution < 1.29 is 28.5 Å². The van der Waals surface area contributed by atoms with Crippen LogP contribution in [0.3, 0.4) is 0 Å². The molecule has 3 aromatic rings. The third-order valence-electron chi connectivity index (χ3n) is 6.80. The number of ether oxygens (including phenoxy) is 4. The van der Waals surface area contributed by atoms with Gasteiger partial charge in [0.15, 0.2) is 5.43 Å². The lowest BCUT2D eigenvalue weighted by atomic mass is 9.86. The van der Waals surface area contributed by atoms with Gasteiger partial charge in [-0.3, -0.25) is 4.79 Å². The number of hydrogen-bond acceptors (Lipinski definition) is 7. The van der Waals surface area contributed by atoms with E-state index < -0.39 is 17.4 Å². The molecular weight excluding hydrogens is 498 g/mol. The van der Waals surface area contributed by atoms with Crippen molar-refractivity contribution in [1.82, 2.24) is 4.57 Å². The lowest BCUT2D eigenvalue weighted by molar-refractivity contribution is 0.0466. The molecule has 1 atom stereocenters. The number of rotatable bonds is 11. The molecule has 0 bridgehead atoms. The first-order valence-electron chi connectivity index (χ1n) is 13.3. The topological polar surface area (TPSA) is 93.1 Å². The van der Waals surface area contributed by atoms with Crippen molar-refractivity contribution in [2.24, 2.45) is 5.92 Å². The molecule has 0 saturated carbocycles. The maximum absolute atomic E-state index is 13.3. The Morgan fingerprint density at radius 2 is 1.74 bits per heavy atom. The highest BCUT2D eigenvalue weighted by atomic mass is 16.5. The summed E-state index contributed by atoms with van der Waals surface area (Å²) in [5.74, 6) is -0.525. The minimum atomic E-state index is -0.643. The van der Waals surface area contributed by atoms with Gasteiger partial charge < -0.3 is 23.5 Å². The molecule has 8 heteroatoms. The van der Waals surface area contributed by atoms with E-state index in [2.05, 4.69) is 13.8 Å². The van der Waals surface area contributed by atoms with Gasteiger partial charge in [0, 0.05) is 44.0 Å². The number of esters is 2. The van der Waals surface area contributed by atoms with Gasteiger partial charge in [0.25, 0.3) is 0 Å². The highest BCUT2D eigenvalue weighted by Crippen LogP contribution is 2.40. The Labute approximate surface area is 228 Å². The summed E-state index contributed by atoms with van der Waals surface area (Å²) in [6.45, 7) is 7.10. The fourth-order valence-corrected chi connectivity index (χ4v) is 4.78. The molecule has 0 amide bonds. The van der Waals surface area contributed by atoms with Crippen LogP contribution in [0.1, 0.15) is 65.1 Å². The van der Waals surface area contributed by atoms with E-state index in [1.165, 1.54) is 6.07 Å². The van der Waals surface area contributed by atoms with Crippen LogP contribution in [0.15, 0.2) is 59.5 Å². The Kier molecular flexibility index (Phi) is 9.19. The second-order valence-corrected chi connectivity index (χ2v) is 9.84. The van der Waals surface area contributed by atoms with Crippen LogP contribution in [0.25, 0.3) is 11.3 Å². The normalized spacial score (nSPS) is 13.9. The molecule has 0 aliphatic carbocycles. The molecule has 0 N–H and O–H groups in total. The Balaban J connectivity index is 1.78. The highest BCUT2D eigenvalue weighted by Gasteiger charge is 2.30. The molecule has 39 heavy (non-hydrogen) atoms. The van der Waals surface area contributed by atoms with Crippen molar-refractivity contribution >= 4 is 11.9 Å². The minimum Gasteiger partial charge on any atom is -0.493 e. The largest absolute Gasteiger partial charge is 0.493 e. The van der Waals surface area contributed by atoms with Gasteiger partial charge in [0.2, 0.25) is 0 Å². The maximum Gasteiger partial charge on any atom is 0.343 e. The summed E-state index contributed by atoms with van der Waals surface area (Å²) in [7, 11) is 1.63. The van der Waals surface area contributed by atoms with Crippen molar-refractivity contribution in [1.29, 1.82) is 0 Å². The van der Waals surface area contributed by atoms with Crippen LogP contribution in [0, 0.1) is 5.92 Å². The molecule has 1 aliphatic rings. The molecule has 4 rings (SSSR count). The van der Waals surface area contributed by atoms with Gasteiger partial charge in [-0.15, -0.1) is 0 Å². The second-order valence-electron chi connectivity index (χ2n) is 9.84. The lowest BCUT2D eigenvalue weighted by Gasteiger charge is -2.34. The highest BCUT2D eigenvalue weighted by molar-refractivity contribution is 5.95. The second kappa shape index (κ2) is 12.8. The van der Waals surface area contributed by atoms with E-state index in [1.807, 2.05) is 41.0 Å². The zero-order valence-electron chi connectivity index (χ0n) is 22.9. The minimum absolute atomic E-state index is 0.00436. The summed E-state index contributed by atoms with van der Waals surface area (Å²) >= 11 is 0.